The lowest BCUT2D eigenvalue weighted by atomic mass is 10.1. The summed E-state index contributed by atoms with van der Waals surface area (Å²) in [6.45, 7) is 4.14. The molecular weight excluding hydrogens is 242 g/mol. The number of aromatic nitrogens is 1. The molecule has 0 radical (unpaired) electrons. The Morgan fingerprint density at radius 2 is 2.32 bits per heavy atom. The van der Waals surface area contributed by atoms with Gasteiger partial charge in [-0.1, -0.05) is 6.07 Å². The molecule has 1 unspecified atom stereocenters. The lowest BCUT2D eigenvalue weighted by Crippen LogP contribution is -2.52. The van der Waals surface area contributed by atoms with E-state index in [1.165, 1.54) is 0 Å². The molecule has 2 fully saturated rings. The summed E-state index contributed by atoms with van der Waals surface area (Å²) in [6, 6.07) is 4.07. The Bertz CT molecular complexity index is 489. The molecule has 5 nitrogen and oxygen atoms in total. The van der Waals surface area contributed by atoms with Gasteiger partial charge >= 0.3 is 0 Å². The van der Waals surface area contributed by atoms with Crippen LogP contribution in [0.4, 0.5) is 5.82 Å². The Hall–Kier alpha value is -1.62. The number of carbonyl (C=O) groups excluding carboxylic acids is 1. The van der Waals surface area contributed by atoms with Crippen molar-refractivity contribution in [2.24, 2.45) is 0 Å². The first-order valence-corrected chi connectivity index (χ1v) is 6.84. The number of fused-ring (bicyclic) bond motifs is 1. The van der Waals surface area contributed by atoms with Crippen molar-refractivity contribution in [3.63, 3.8) is 0 Å². The standard InChI is InChI=1S/C14H19N3O2/c1-10(18)12-3-2-6-15-14(12)16-7-8-17-11(9-16)4-5-13(17)19/h2-3,6,10-11,18H,4-5,7-9H2,1H3/t10-,11?/m0/s1. The Morgan fingerprint density at radius 3 is 3.11 bits per heavy atom. The molecule has 1 amide bonds. The van der Waals surface area contributed by atoms with E-state index >= 15 is 0 Å². The lowest BCUT2D eigenvalue weighted by Gasteiger charge is -2.39. The second-order valence-electron chi connectivity index (χ2n) is 5.32. The highest BCUT2D eigenvalue weighted by atomic mass is 16.3. The van der Waals surface area contributed by atoms with E-state index in [2.05, 4.69) is 9.88 Å². The second-order valence-corrected chi connectivity index (χ2v) is 5.32. The molecule has 0 aliphatic carbocycles. The average Bonchev–Trinajstić information content (AvgIpc) is 2.80. The smallest absolute Gasteiger partial charge is 0.223 e. The first-order valence-electron chi connectivity index (χ1n) is 6.84. The molecular formula is C14H19N3O2. The normalized spacial score (nSPS) is 24.5. The molecule has 1 aromatic heterocycles. The first kappa shape index (κ1) is 12.4. The fraction of sp³-hybridized carbons (Fsp3) is 0.571. The zero-order valence-electron chi connectivity index (χ0n) is 11.1. The van der Waals surface area contributed by atoms with Crippen LogP contribution >= 0.6 is 0 Å². The molecule has 5 heteroatoms. The van der Waals surface area contributed by atoms with E-state index in [4.69, 9.17) is 0 Å². The number of anilines is 1. The molecule has 2 saturated heterocycles. The predicted octanol–water partition coefficient (Wildman–Crippen LogP) is 0.946. The highest BCUT2D eigenvalue weighted by Crippen LogP contribution is 2.29. The Morgan fingerprint density at radius 1 is 1.47 bits per heavy atom. The van der Waals surface area contributed by atoms with Crippen LogP contribution < -0.4 is 4.90 Å². The fourth-order valence-electron chi connectivity index (χ4n) is 3.06. The van der Waals surface area contributed by atoms with Gasteiger partial charge in [0.15, 0.2) is 0 Å². The summed E-state index contributed by atoms with van der Waals surface area (Å²) in [7, 11) is 0. The van der Waals surface area contributed by atoms with Gasteiger partial charge in [-0.05, 0) is 19.4 Å². The van der Waals surface area contributed by atoms with Crippen LogP contribution in [-0.4, -0.2) is 46.6 Å². The molecule has 0 spiro atoms. The topological polar surface area (TPSA) is 56.7 Å². The molecule has 3 heterocycles. The van der Waals surface area contributed by atoms with Gasteiger partial charge in [-0.3, -0.25) is 4.79 Å². The number of piperazine rings is 1. The maximum Gasteiger partial charge on any atom is 0.223 e. The molecule has 102 valence electrons. The first-order chi connectivity index (χ1) is 9.16. The maximum atomic E-state index is 11.7. The number of hydrogen-bond donors (Lipinski definition) is 1. The summed E-state index contributed by atoms with van der Waals surface area (Å²) in [6.07, 6.45) is 2.84. The zero-order valence-corrected chi connectivity index (χ0v) is 11.1. The number of nitrogens with zero attached hydrogens (tertiary/aromatic N) is 3. The summed E-state index contributed by atoms with van der Waals surface area (Å²) >= 11 is 0. The summed E-state index contributed by atoms with van der Waals surface area (Å²) in [5, 5.41) is 9.83. The van der Waals surface area contributed by atoms with Crippen molar-refractivity contribution >= 4 is 11.7 Å². The third-order valence-electron chi connectivity index (χ3n) is 4.06. The second kappa shape index (κ2) is 4.81. The summed E-state index contributed by atoms with van der Waals surface area (Å²) in [5.41, 5.74) is 0.861. The Balaban J connectivity index is 1.83. The van der Waals surface area contributed by atoms with Gasteiger partial charge in [-0.25, -0.2) is 4.98 Å². The highest BCUT2D eigenvalue weighted by molar-refractivity contribution is 5.79. The molecule has 0 aromatic carbocycles. The Labute approximate surface area is 112 Å². The van der Waals surface area contributed by atoms with Crippen LogP contribution in [0.25, 0.3) is 0 Å². The lowest BCUT2D eigenvalue weighted by molar-refractivity contribution is -0.129. The minimum absolute atomic E-state index is 0.279. The van der Waals surface area contributed by atoms with E-state index in [1.807, 2.05) is 17.0 Å². The van der Waals surface area contributed by atoms with Gasteiger partial charge in [0, 0.05) is 43.9 Å². The van der Waals surface area contributed by atoms with Crippen molar-refractivity contribution < 1.29 is 9.90 Å². The van der Waals surface area contributed by atoms with Crippen molar-refractivity contribution in [3.8, 4) is 0 Å². The highest BCUT2D eigenvalue weighted by Gasteiger charge is 2.36. The van der Waals surface area contributed by atoms with Crippen LogP contribution in [-0.2, 0) is 4.79 Å². The van der Waals surface area contributed by atoms with Gasteiger partial charge in [-0.15, -0.1) is 0 Å². The number of hydrogen-bond acceptors (Lipinski definition) is 4. The van der Waals surface area contributed by atoms with Crippen LogP contribution in [0.3, 0.4) is 0 Å². The Kier molecular flexibility index (Phi) is 3.14. The van der Waals surface area contributed by atoms with E-state index in [1.54, 1.807) is 13.1 Å². The van der Waals surface area contributed by atoms with Gasteiger partial charge < -0.3 is 14.9 Å². The minimum atomic E-state index is -0.521. The van der Waals surface area contributed by atoms with Crippen LogP contribution in [0, 0.1) is 0 Å². The molecule has 3 rings (SSSR count). The van der Waals surface area contributed by atoms with Crippen LogP contribution in [0.5, 0.6) is 0 Å². The molecule has 19 heavy (non-hydrogen) atoms. The fourth-order valence-corrected chi connectivity index (χ4v) is 3.06. The van der Waals surface area contributed by atoms with Crippen LogP contribution in [0.15, 0.2) is 18.3 Å². The third kappa shape index (κ3) is 2.18. The molecule has 0 saturated carbocycles. The van der Waals surface area contributed by atoms with E-state index in [0.29, 0.717) is 12.5 Å². The van der Waals surface area contributed by atoms with E-state index in [-0.39, 0.29) is 5.91 Å². The molecule has 2 atom stereocenters. The van der Waals surface area contributed by atoms with E-state index in [0.717, 1.165) is 37.4 Å². The number of aliphatic hydroxyl groups is 1. The van der Waals surface area contributed by atoms with Crippen LogP contribution in [0.1, 0.15) is 31.4 Å². The number of aliphatic hydroxyl groups excluding tert-OH is 1. The monoisotopic (exact) mass is 261 g/mol. The van der Waals surface area contributed by atoms with Gasteiger partial charge in [-0.2, -0.15) is 0 Å². The molecule has 2 aliphatic rings. The van der Waals surface area contributed by atoms with Crippen molar-refractivity contribution in [2.75, 3.05) is 24.5 Å². The van der Waals surface area contributed by atoms with Crippen LogP contribution in [0.2, 0.25) is 0 Å². The zero-order chi connectivity index (χ0) is 13.4. The predicted molar refractivity (Wildman–Crippen MR) is 71.8 cm³/mol. The van der Waals surface area contributed by atoms with Gasteiger partial charge in [0.25, 0.3) is 0 Å². The summed E-state index contributed by atoms with van der Waals surface area (Å²) < 4.78 is 0. The molecule has 1 N–H and O–H groups in total. The number of amides is 1. The minimum Gasteiger partial charge on any atom is -0.389 e. The van der Waals surface area contributed by atoms with Crippen molar-refractivity contribution in [2.45, 2.75) is 31.9 Å². The van der Waals surface area contributed by atoms with Gasteiger partial charge in [0.2, 0.25) is 5.91 Å². The van der Waals surface area contributed by atoms with E-state index in [9.17, 15) is 9.90 Å². The molecule has 1 aromatic rings. The SMILES string of the molecule is C[C@H](O)c1cccnc1N1CCN2C(=O)CCC2C1. The van der Waals surface area contributed by atoms with Gasteiger partial charge in [0.05, 0.1) is 6.10 Å². The largest absolute Gasteiger partial charge is 0.389 e. The van der Waals surface area contributed by atoms with Crippen molar-refractivity contribution in [1.29, 1.82) is 0 Å². The maximum absolute atomic E-state index is 11.7. The van der Waals surface area contributed by atoms with E-state index < -0.39 is 6.10 Å². The van der Waals surface area contributed by atoms with Crippen molar-refractivity contribution in [1.82, 2.24) is 9.88 Å². The van der Waals surface area contributed by atoms with Gasteiger partial charge in [0.1, 0.15) is 5.82 Å². The quantitative estimate of drug-likeness (QED) is 0.861. The summed E-state index contributed by atoms with van der Waals surface area (Å²) in [4.78, 5) is 20.3. The molecule has 2 aliphatic heterocycles. The summed E-state index contributed by atoms with van der Waals surface area (Å²) in [5.74, 6) is 1.14. The number of rotatable bonds is 2. The number of carbonyl (C=O) groups is 1. The third-order valence-corrected chi connectivity index (χ3v) is 4.06. The average molecular weight is 261 g/mol. The van der Waals surface area contributed by atoms with Crippen molar-refractivity contribution in [3.05, 3.63) is 23.9 Å². The number of pyridine rings is 1. The molecule has 0 bridgehead atoms.